The number of hydrogen-bond donors (Lipinski definition) is 1. The molecule has 1 unspecified atom stereocenters. The molecule has 0 spiro atoms. The van der Waals surface area contributed by atoms with Gasteiger partial charge in [0.25, 0.3) is 0 Å². The molecule has 0 bridgehead atoms. The topological polar surface area (TPSA) is 26.0 Å². The Bertz CT molecular complexity index is 620. The summed E-state index contributed by atoms with van der Waals surface area (Å²) < 4.78 is 0. The van der Waals surface area contributed by atoms with E-state index in [0.717, 1.165) is 17.8 Å². The van der Waals surface area contributed by atoms with Crippen molar-refractivity contribution < 1.29 is 0 Å². The molecular formula is C29H53N. The fraction of sp³-hybridized carbons (Fsp3) is 0.931. The van der Waals surface area contributed by atoms with E-state index in [2.05, 4.69) is 54.5 Å². The lowest BCUT2D eigenvalue weighted by molar-refractivity contribution is -0.0239. The molecule has 1 heteroatoms. The summed E-state index contributed by atoms with van der Waals surface area (Å²) in [6.45, 7) is 17.4. The molecule has 0 aromatic carbocycles. The van der Waals surface area contributed by atoms with Gasteiger partial charge in [-0.3, -0.25) is 0 Å². The Labute approximate surface area is 189 Å². The quantitative estimate of drug-likeness (QED) is 0.326. The summed E-state index contributed by atoms with van der Waals surface area (Å²) in [7, 11) is 0. The van der Waals surface area contributed by atoms with Crippen molar-refractivity contribution in [2.75, 3.05) is 0 Å². The van der Waals surface area contributed by atoms with Gasteiger partial charge in [-0.05, 0) is 98.2 Å². The van der Waals surface area contributed by atoms with E-state index in [4.69, 9.17) is 5.73 Å². The Morgan fingerprint density at radius 1 is 1.07 bits per heavy atom. The Balaban J connectivity index is 1.80. The molecule has 0 heterocycles. The lowest BCUT2D eigenvalue weighted by Crippen LogP contribution is -2.63. The minimum absolute atomic E-state index is 0.0210. The second-order valence-corrected chi connectivity index (χ2v) is 13.1. The molecule has 174 valence electrons. The van der Waals surface area contributed by atoms with Crippen LogP contribution < -0.4 is 5.73 Å². The van der Waals surface area contributed by atoms with Crippen molar-refractivity contribution >= 4 is 0 Å². The summed E-state index contributed by atoms with van der Waals surface area (Å²) in [6.07, 6.45) is 20.0. The molecular weight excluding hydrogens is 362 g/mol. The first-order chi connectivity index (χ1) is 14.0. The summed E-state index contributed by atoms with van der Waals surface area (Å²) in [5.74, 6) is 2.51. The molecule has 3 aliphatic rings. The molecule has 2 saturated carbocycles. The maximum atomic E-state index is 7.65. The van der Waals surface area contributed by atoms with Crippen molar-refractivity contribution in [1.29, 1.82) is 0 Å². The predicted molar refractivity (Wildman–Crippen MR) is 133 cm³/mol. The van der Waals surface area contributed by atoms with E-state index in [1.54, 1.807) is 5.57 Å². The van der Waals surface area contributed by atoms with Gasteiger partial charge in [0.15, 0.2) is 0 Å². The second kappa shape index (κ2) is 8.92. The lowest BCUT2D eigenvalue weighted by Gasteiger charge is -2.57. The second-order valence-electron chi connectivity index (χ2n) is 13.1. The SMILES string of the molecule is CC[C@]1(C)C(CCCCC(C)C)CC[C@@]1(N)[C@]1(C)CCC=C2C[C@@H](C)CC[C@]2(C)C1. The van der Waals surface area contributed by atoms with Crippen molar-refractivity contribution in [2.24, 2.45) is 39.7 Å². The predicted octanol–water partition coefficient (Wildman–Crippen LogP) is 8.67. The molecule has 3 rings (SSSR count). The van der Waals surface area contributed by atoms with Crippen LogP contribution in [-0.2, 0) is 0 Å². The van der Waals surface area contributed by atoms with Crippen LogP contribution in [0.3, 0.4) is 0 Å². The molecule has 0 aromatic rings. The molecule has 0 amide bonds. The largest absolute Gasteiger partial charge is 0.324 e. The number of allylic oxidation sites excluding steroid dienone is 2. The van der Waals surface area contributed by atoms with Crippen LogP contribution >= 0.6 is 0 Å². The molecule has 1 nitrogen and oxygen atoms in total. The highest BCUT2D eigenvalue weighted by Crippen LogP contribution is 2.65. The third kappa shape index (κ3) is 4.18. The van der Waals surface area contributed by atoms with E-state index in [-0.39, 0.29) is 16.4 Å². The highest BCUT2D eigenvalue weighted by molar-refractivity contribution is 5.24. The highest BCUT2D eigenvalue weighted by atomic mass is 14.9. The van der Waals surface area contributed by atoms with Gasteiger partial charge in [0, 0.05) is 5.54 Å². The molecule has 3 aliphatic carbocycles. The Kier molecular flexibility index (Phi) is 7.23. The third-order valence-corrected chi connectivity index (χ3v) is 10.6. The third-order valence-electron chi connectivity index (χ3n) is 10.6. The Hall–Kier alpha value is -0.300. The van der Waals surface area contributed by atoms with Crippen LogP contribution in [0.15, 0.2) is 11.6 Å². The van der Waals surface area contributed by atoms with Gasteiger partial charge < -0.3 is 5.73 Å². The summed E-state index contributed by atoms with van der Waals surface area (Å²) in [6, 6.07) is 0. The van der Waals surface area contributed by atoms with E-state index < -0.39 is 0 Å². The summed E-state index contributed by atoms with van der Waals surface area (Å²) in [5, 5.41) is 0. The van der Waals surface area contributed by atoms with Crippen molar-refractivity contribution in [3.8, 4) is 0 Å². The van der Waals surface area contributed by atoms with Gasteiger partial charge in [-0.1, -0.05) is 79.4 Å². The van der Waals surface area contributed by atoms with Crippen LogP contribution in [0.5, 0.6) is 0 Å². The zero-order chi connectivity index (χ0) is 22.2. The van der Waals surface area contributed by atoms with Crippen molar-refractivity contribution in [1.82, 2.24) is 0 Å². The van der Waals surface area contributed by atoms with Gasteiger partial charge in [-0.15, -0.1) is 0 Å². The minimum Gasteiger partial charge on any atom is -0.324 e. The number of unbranched alkanes of at least 4 members (excludes halogenated alkanes) is 1. The van der Waals surface area contributed by atoms with Crippen LogP contribution in [0.1, 0.15) is 132 Å². The lowest BCUT2D eigenvalue weighted by atomic mass is 9.50. The summed E-state index contributed by atoms with van der Waals surface area (Å²) >= 11 is 0. The zero-order valence-electron chi connectivity index (χ0n) is 21.6. The van der Waals surface area contributed by atoms with Gasteiger partial charge in [0.05, 0.1) is 0 Å². The van der Waals surface area contributed by atoms with E-state index >= 15 is 0 Å². The fourth-order valence-corrected chi connectivity index (χ4v) is 8.25. The average molecular weight is 416 g/mol. The molecule has 0 aliphatic heterocycles. The van der Waals surface area contributed by atoms with Gasteiger partial charge >= 0.3 is 0 Å². The first-order valence-corrected chi connectivity index (χ1v) is 13.5. The van der Waals surface area contributed by atoms with E-state index in [0.29, 0.717) is 5.41 Å². The molecule has 0 saturated heterocycles. The maximum Gasteiger partial charge on any atom is 0.0266 e. The van der Waals surface area contributed by atoms with E-state index in [1.807, 2.05) is 0 Å². The first kappa shape index (κ1) is 24.3. The van der Waals surface area contributed by atoms with Crippen molar-refractivity contribution in [2.45, 2.75) is 137 Å². The Morgan fingerprint density at radius 3 is 2.47 bits per heavy atom. The number of rotatable bonds is 7. The van der Waals surface area contributed by atoms with E-state index in [9.17, 15) is 0 Å². The maximum absolute atomic E-state index is 7.65. The van der Waals surface area contributed by atoms with Gasteiger partial charge in [0.2, 0.25) is 0 Å². The normalized spacial score (nSPS) is 44.6. The van der Waals surface area contributed by atoms with E-state index in [1.165, 1.54) is 83.5 Å². The smallest absolute Gasteiger partial charge is 0.0266 e. The summed E-state index contributed by atoms with van der Waals surface area (Å²) in [5.41, 5.74) is 10.3. The monoisotopic (exact) mass is 415 g/mol. The molecule has 6 atom stereocenters. The molecule has 0 radical (unpaired) electrons. The van der Waals surface area contributed by atoms with Crippen LogP contribution in [0.2, 0.25) is 0 Å². The molecule has 0 aromatic heterocycles. The van der Waals surface area contributed by atoms with Gasteiger partial charge in [-0.25, -0.2) is 0 Å². The average Bonchev–Trinajstić information content (AvgIpc) is 2.85. The number of fused-ring (bicyclic) bond motifs is 1. The van der Waals surface area contributed by atoms with Crippen molar-refractivity contribution in [3.63, 3.8) is 0 Å². The summed E-state index contributed by atoms with van der Waals surface area (Å²) in [4.78, 5) is 0. The molecule has 30 heavy (non-hydrogen) atoms. The number of nitrogens with two attached hydrogens (primary N) is 1. The standard InChI is InChI=1S/C29H53N/c1-8-28(7)24(13-10-9-12-22(2)3)16-19-29(28,30)27(6)17-11-14-25-20-23(4)15-18-26(25,5)21-27/h14,22-24H,8-13,15-21,30H2,1-7H3/t23-,24?,26+,27+,28+,29+/m0/s1. The first-order valence-electron chi connectivity index (χ1n) is 13.5. The molecule has 2 fully saturated rings. The van der Waals surface area contributed by atoms with Crippen LogP contribution in [0.4, 0.5) is 0 Å². The minimum atomic E-state index is -0.0210. The van der Waals surface area contributed by atoms with Gasteiger partial charge in [-0.2, -0.15) is 0 Å². The van der Waals surface area contributed by atoms with Crippen molar-refractivity contribution in [3.05, 3.63) is 11.6 Å². The molecule has 2 N–H and O–H groups in total. The fourth-order valence-electron chi connectivity index (χ4n) is 8.25. The zero-order valence-corrected chi connectivity index (χ0v) is 21.6. The van der Waals surface area contributed by atoms with Crippen LogP contribution in [0, 0.1) is 34.0 Å². The van der Waals surface area contributed by atoms with Crippen LogP contribution in [-0.4, -0.2) is 5.54 Å². The highest BCUT2D eigenvalue weighted by Gasteiger charge is 2.62. The van der Waals surface area contributed by atoms with Crippen LogP contribution in [0.25, 0.3) is 0 Å². The number of hydrogen-bond acceptors (Lipinski definition) is 1. The Morgan fingerprint density at radius 2 is 1.80 bits per heavy atom. The van der Waals surface area contributed by atoms with Gasteiger partial charge in [0.1, 0.15) is 0 Å².